The fourth-order valence-corrected chi connectivity index (χ4v) is 67.3. The second-order valence-electron chi connectivity index (χ2n) is 27.1. The molecule has 0 fully saturated rings. The Morgan fingerprint density at radius 2 is 0.758 bits per heavy atom. The molecule has 0 saturated heterocycles. The maximum atomic E-state index is 7.99. The first-order valence-corrected chi connectivity index (χ1v) is 52.0. The Hall–Kier alpha value is -0.676. The molecule has 0 saturated carbocycles. The van der Waals surface area contributed by atoms with Gasteiger partial charge < -0.3 is 0 Å². The molecule has 1 atom stereocenters. The number of hydrogen-bond acceptors (Lipinski definition) is 3. The van der Waals surface area contributed by atoms with E-state index in [4.69, 9.17) is 9.02 Å². The molecule has 10 heteroatoms. The molecule has 0 amide bonds. The van der Waals surface area contributed by atoms with E-state index >= 15 is 0 Å². The predicted molar refractivity (Wildman–Crippen MR) is 304 cm³/mol. The Bertz CT molecular complexity index is 2010. The Kier molecular flexibility index (Phi) is 16.0. The van der Waals surface area contributed by atoms with Gasteiger partial charge in [0.05, 0.1) is 0 Å². The van der Waals surface area contributed by atoms with Gasteiger partial charge in [0.25, 0.3) is 0 Å². The van der Waals surface area contributed by atoms with E-state index < -0.39 is 60.9 Å². The van der Waals surface area contributed by atoms with Gasteiger partial charge in [-0.25, -0.2) is 0 Å². The molecule has 1 aliphatic rings. The normalized spacial score (nSPS) is 17.4. The first kappa shape index (κ1) is 53.9. The number of benzene rings is 3. The first-order chi connectivity index (χ1) is 27.8. The molecule has 2 nitrogen and oxygen atoms in total. The van der Waals surface area contributed by atoms with Crippen LogP contribution in [0.5, 0.6) is 0 Å². The van der Waals surface area contributed by atoms with Gasteiger partial charge in [-0.15, -0.1) is 0 Å². The second-order valence-corrected chi connectivity index (χ2v) is 70.6. The summed E-state index contributed by atoms with van der Waals surface area (Å²) >= 11 is -4.18. The molecule has 3 aromatic carbocycles. The van der Waals surface area contributed by atoms with E-state index in [-0.39, 0.29) is 0 Å². The summed E-state index contributed by atoms with van der Waals surface area (Å²) in [5.41, 5.74) is 14.8. The summed E-state index contributed by atoms with van der Waals surface area (Å²) in [4.78, 5) is 0. The van der Waals surface area contributed by atoms with Crippen LogP contribution in [0.2, 0.25) is 118 Å². The average molecular weight is 1020 g/mol. The molecule has 0 N–H and O–H groups in total. The number of aryl methyl sites for hydroxylation is 3. The molecule has 0 aromatic heterocycles. The van der Waals surface area contributed by atoms with Gasteiger partial charge in [0.2, 0.25) is 0 Å². The zero-order chi connectivity index (χ0) is 47.8. The van der Waals surface area contributed by atoms with E-state index in [9.17, 15) is 0 Å². The molecular weight excluding hydrogens is 928 g/mol. The van der Waals surface area contributed by atoms with Crippen LogP contribution in [-0.2, 0) is 3.86 Å². The fraction of sp³-hybridized carbons (Fsp3) is 0.635. The van der Waals surface area contributed by atoms with Gasteiger partial charge >= 0.3 is 399 Å². The van der Waals surface area contributed by atoms with E-state index in [1.807, 2.05) is 0 Å². The third-order valence-corrected chi connectivity index (χ3v) is 53.7. The first-order valence-electron chi connectivity index (χ1n) is 24.2. The molecule has 1 aliphatic heterocycles. The molecule has 1 heterocycles. The van der Waals surface area contributed by atoms with Crippen LogP contribution in [0, 0.1) is 20.8 Å². The second kappa shape index (κ2) is 18.4. The van der Waals surface area contributed by atoms with Crippen molar-refractivity contribution in [2.75, 3.05) is 0 Å². The third-order valence-electron chi connectivity index (χ3n) is 13.6. The van der Waals surface area contributed by atoms with E-state index in [1.54, 1.807) is 25.5 Å². The molecule has 0 radical (unpaired) electrons. The Morgan fingerprint density at radius 3 is 1.06 bits per heavy atom. The Balaban J connectivity index is 2.56. The van der Waals surface area contributed by atoms with Crippen molar-refractivity contribution < 1.29 is 3.86 Å². The minimum absolute atomic E-state index is 0.351. The van der Waals surface area contributed by atoms with E-state index in [2.05, 4.69) is 227 Å². The van der Waals surface area contributed by atoms with Gasteiger partial charge in [-0.1, -0.05) is 0 Å². The monoisotopic (exact) mass is 1020 g/mol. The van der Waals surface area contributed by atoms with Gasteiger partial charge in [-0.2, -0.15) is 0 Å². The number of hydrogen-bond donors (Lipinski definition) is 0. The van der Waals surface area contributed by atoms with E-state index in [0.717, 1.165) is 5.04 Å². The zero-order valence-electron chi connectivity index (χ0n) is 45.2. The quantitative estimate of drug-likeness (QED) is 0.142. The SMILES string of the molecule is Cc1cc(C)c(C2=N[O][Ge]([c]3c(C(C)C)cc(C(C)C)cc3C(C)C)([c]3c(C([Si](C)(C)C)[Si](C)(C)C)cc(C([Si](C)(C)C)[Si](C)(C)C)cc3C([Si](C)(C)C)[Si](C)(C)C)[S]2)c(C)c1. The van der Waals surface area contributed by atoms with Gasteiger partial charge in [0.1, 0.15) is 0 Å². The van der Waals surface area contributed by atoms with Crippen LogP contribution in [0.25, 0.3) is 0 Å². The van der Waals surface area contributed by atoms with Crippen molar-refractivity contribution in [1.82, 2.24) is 0 Å². The Labute approximate surface area is 396 Å². The van der Waals surface area contributed by atoms with Crippen molar-refractivity contribution in [3.63, 3.8) is 0 Å². The molecular formula is C52H93GeNOSSi6. The summed E-state index contributed by atoms with van der Waals surface area (Å²) in [6.45, 7) is 69.9. The summed E-state index contributed by atoms with van der Waals surface area (Å²) in [6.07, 6.45) is 0. The summed E-state index contributed by atoms with van der Waals surface area (Å²) in [5, 5.41) is 8.44. The van der Waals surface area contributed by atoms with E-state index in [1.165, 1.54) is 38.9 Å². The van der Waals surface area contributed by atoms with Gasteiger partial charge in [0, 0.05) is 0 Å². The van der Waals surface area contributed by atoms with Crippen molar-refractivity contribution in [1.29, 1.82) is 0 Å². The van der Waals surface area contributed by atoms with Crippen molar-refractivity contribution >= 4 is 84.8 Å². The third kappa shape index (κ3) is 11.2. The average Bonchev–Trinajstić information content (AvgIpc) is 3.44. The standard InChI is InChI=1S/C52H93GeNOSSi6/c1-34(2)40-30-42(35(3)4)47(43(31-40)36(5)6)53(55-54-49(56-53)46-38(8)28-37(7)29-39(46)9)48-44(51(59(16,17)18)60(19,20)21)32-41(50(57(10,11)12)58(13,14)15)33-45(48)52(61(22,23)24)62(25,26)27/h28-36,50-52H,1-27H3. The van der Waals surface area contributed by atoms with Gasteiger partial charge in [-0.05, 0) is 0 Å². The molecule has 1 unspecified atom stereocenters. The van der Waals surface area contributed by atoms with Gasteiger partial charge in [-0.3, -0.25) is 0 Å². The molecule has 346 valence electrons. The zero-order valence-corrected chi connectivity index (χ0v) is 54.1. The topological polar surface area (TPSA) is 21.6 Å². The van der Waals surface area contributed by atoms with Crippen molar-refractivity contribution in [3.05, 3.63) is 92.0 Å². The fourth-order valence-electron chi connectivity index (χ4n) is 13.0. The summed E-state index contributed by atoms with van der Waals surface area (Å²) in [7, 11) is -8.55. The summed E-state index contributed by atoms with van der Waals surface area (Å²) in [6, 6.07) is 15.8. The van der Waals surface area contributed by atoms with E-state index in [0.29, 0.717) is 33.2 Å². The van der Waals surface area contributed by atoms with Crippen molar-refractivity contribution in [2.24, 2.45) is 5.16 Å². The molecule has 62 heavy (non-hydrogen) atoms. The number of rotatable bonds is 15. The Morgan fingerprint density at radius 1 is 0.435 bits per heavy atom. The van der Waals surface area contributed by atoms with Gasteiger partial charge in [0.15, 0.2) is 0 Å². The van der Waals surface area contributed by atoms with Crippen molar-refractivity contribution in [3.8, 4) is 0 Å². The van der Waals surface area contributed by atoms with Crippen molar-refractivity contribution in [2.45, 2.75) is 213 Å². The van der Waals surface area contributed by atoms with Crippen LogP contribution < -0.4 is 8.79 Å². The van der Waals surface area contributed by atoms with Crippen LogP contribution in [0.1, 0.15) is 130 Å². The molecule has 4 rings (SSSR count). The molecule has 3 aromatic rings. The molecule has 0 spiro atoms. The maximum absolute atomic E-state index is 7.99. The van der Waals surface area contributed by atoms with Crippen LogP contribution in [0.15, 0.2) is 41.6 Å². The summed E-state index contributed by atoms with van der Waals surface area (Å²) < 4.78 is 11.2. The van der Waals surface area contributed by atoms with Crippen LogP contribution in [0.4, 0.5) is 0 Å². The van der Waals surface area contributed by atoms with Crippen LogP contribution in [0.3, 0.4) is 0 Å². The predicted octanol–water partition coefficient (Wildman–Crippen LogP) is 16.2. The minimum atomic E-state index is -4.18. The van der Waals surface area contributed by atoms with Crippen LogP contribution >= 0.6 is 10.1 Å². The molecule has 0 bridgehead atoms. The molecule has 0 aliphatic carbocycles. The van der Waals surface area contributed by atoms with Crippen LogP contribution in [-0.4, -0.2) is 65.9 Å². The summed E-state index contributed by atoms with van der Waals surface area (Å²) in [5.74, 6) is 1.15. The number of oxime groups is 1. The number of nitrogens with zero attached hydrogens (tertiary/aromatic N) is 1.